The highest BCUT2D eigenvalue weighted by molar-refractivity contribution is 7.99. The molecule has 0 fully saturated rings. The molecule has 0 spiro atoms. The quantitative estimate of drug-likeness (QED) is 0.370. The van der Waals surface area contributed by atoms with Crippen molar-refractivity contribution in [1.29, 1.82) is 0 Å². The Balaban J connectivity index is 1.49. The van der Waals surface area contributed by atoms with Gasteiger partial charge >= 0.3 is 0 Å². The van der Waals surface area contributed by atoms with E-state index >= 15 is 0 Å². The molecule has 4 aromatic rings. The van der Waals surface area contributed by atoms with Gasteiger partial charge in [-0.25, -0.2) is 9.37 Å². The van der Waals surface area contributed by atoms with E-state index in [9.17, 15) is 9.18 Å². The van der Waals surface area contributed by atoms with E-state index in [1.807, 2.05) is 42.5 Å². The first-order valence-corrected chi connectivity index (χ1v) is 10.8. The van der Waals surface area contributed by atoms with Crippen molar-refractivity contribution in [3.8, 4) is 0 Å². The van der Waals surface area contributed by atoms with E-state index in [-0.39, 0.29) is 17.3 Å². The van der Waals surface area contributed by atoms with Gasteiger partial charge in [-0.15, -0.1) is 0 Å². The van der Waals surface area contributed by atoms with Crippen molar-refractivity contribution in [3.63, 3.8) is 0 Å². The summed E-state index contributed by atoms with van der Waals surface area (Å²) in [5.41, 5.74) is 3.22. The number of anilines is 1. The van der Waals surface area contributed by atoms with E-state index in [1.54, 1.807) is 0 Å². The van der Waals surface area contributed by atoms with E-state index in [1.165, 1.54) is 35.5 Å². The number of hydrogen-bond acceptors (Lipinski definition) is 3. The summed E-state index contributed by atoms with van der Waals surface area (Å²) in [6, 6.07) is 22.2. The smallest absolute Gasteiger partial charge is 0.234 e. The number of carbonyl (C=O) groups is 1. The van der Waals surface area contributed by atoms with Crippen LogP contribution in [0.15, 0.2) is 78.0 Å². The molecule has 0 aliphatic rings. The predicted octanol–water partition coefficient (Wildman–Crippen LogP) is 5.80. The van der Waals surface area contributed by atoms with E-state index in [2.05, 4.69) is 27.0 Å². The zero-order valence-corrected chi connectivity index (χ0v) is 17.6. The topological polar surface area (TPSA) is 46.9 Å². The summed E-state index contributed by atoms with van der Waals surface area (Å²) in [5, 5.41) is 3.70. The van der Waals surface area contributed by atoms with Crippen molar-refractivity contribution in [3.05, 3.63) is 89.2 Å². The van der Waals surface area contributed by atoms with E-state index in [4.69, 9.17) is 11.6 Å². The van der Waals surface area contributed by atoms with E-state index in [0.29, 0.717) is 5.02 Å². The van der Waals surface area contributed by atoms with E-state index in [0.717, 1.165) is 29.2 Å². The molecule has 152 valence electrons. The normalized spacial score (nSPS) is 11.0. The molecule has 0 unspecified atom stereocenters. The second-order valence-electron chi connectivity index (χ2n) is 6.73. The molecule has 1 aromatic heterocycles. The fraction of sp³-hybridized carbons (Fsp3) is 0.130. The number of aromatic nitrogens is 2. The van der Waals surface area contributed by atoms with Crippen LogP contribution in [-0.4, -0.2) is 21.2 Å². The van der Waals surface area contributed by atoms with Gasteiger partial charge < -0.3 is 9.88 Å². The molecule has 0 aliphatic carbocycles. The molecule has 30 heavy (non-hydrogen) atoms. The molecule has 1 N–H and O–H groups in total. The molecule has 3 aromatic carbocycles. The number of amides is 1. The third kappa shape index (κ3) is 4.83. The average Bonchev–Trinajstić information content (AvgIpc) is 3.11. The molecule has 0 aliphatic heterocycles. The van der Waals surface area contributed by atoms with Crippen LogP contribution in [0.3, 0.4) is 0 Å². The van der Waals surface area contributed by atoms with Gasteiger partial charge in [0.25, 0.3) is 0 Å². The van der Waals surface area contributed by atoms with Gasteiger partial charge in [0, 0.05) is 11.6 Å². The lowest BCUT2D eigenvalue weighted by Gasteiger charge is -2.10. The lowest BCUT2D eigenvalue weighted by molar-refractivity contribution is -0.113. The number of halogens is 2. The molecular formula is C23H19ClFN3OS. The Kier molecular flexibility index (Phi) is 6.35. The van der Waals surface area contributed by atoms with Crippen LogP contribution >= 0.6 is 23.4 Å². The number of fused-ring (bicyclic) bond motifs is 1. The van der Waals surface area contributed by atoms with Crippen molar-refractivity contribution in [2.24, 2.45) is 0 Å². The minimum Gasteiger partial charge on any atom is -0.323 e. The number of hydrogen-bond donors (Lipinski definition) is 1. The monoisotopic (exact) mass is 439 g/mol. The number of imidazole rings is 1. The third-order valence-corrected chi connectivity index (χ3v) is 5.83. The van der Waals surface area contributed by atoms with Crippen molar-refractivity contribution < 1.29 is 9.18 Å². The van der Waals surface area contributed by atoms with Crippen LogP contribution in [0.1, 0.15) is 5.56 Å². The Morgan fingerprint density at radius 3 is 2.67 bits per heavy atom. The average molecular weight is 440 g/mol. The maximum absolute atomic E-state index is 13.9. The summed E-state index contributed by atoms with van der Waals surface area (Å²) in [4.78, 5) is 17.1. The van der Waals surface area contributed by atoms with Gasteiger partial charge in [-0.3, -0.25) is 4.79 Å². The van der Waals surface area contributed by atoms with Crippen LogP contribution in [0.2, 0.25) is 5.02 Å². The first kappa shape index (κ1) is 20.4. The van der Waals surface area contributed by atoms with E-state index < -0.39 is 5.82 Å². The zero-order chi connectivity index (χ0) is 20.9. The number of thioether (sulfide) groups is 1. The fourth-order valence-electron chi connectivity index (χ4n) is 3.17. The van der Waals surface area contributed by atoms with Crippen LogP contribution < -0.4 is 5.32 Å². The third-order valence-electron chi connectivity index (χ3n) is 4.62. The number of nitrogens with zero attached hydrogens (tertiary/aromatic N) is 2. The van der Waals surface area contributed by atoms with Crippen molar-refractivity contribution in [2.45, 2.75) is 18.1 Å². The number of rotatable bonds is 7. The standard InChI is InChI=1S/C23H19ClFN3OS/c24-17-10-11-18(25)20(14-17)26-22(29)15-30-23-27-19-8-4-5-9-21(19)28(23)13-12-16-6-2-1-3-7-16/h1-11,14H,12-13,15H2,(H,26,29). The molecule has 1 heterocycles. The van der Waals surface area contributed by atoms with Gasteiger partial charge in [0.05, 0.1) is 22.5 Å². The Labute approximate surface area is 183 Å². The van der Waals surface area contributed by atoms with Gasteiger partial charge in [-0.1, -0.05) is 65.8 Å². The van der Waals surface area contributed by atoms with Gasteiger partial charge in [0.2, 0.25) is 5.91 Å². The second kappa shape index (κ2) is 9.32. The lowest BCUT2D eigenvalue weighted by Crippen LogP contribution is -2.15. The minimum atomic E-state index is -0.521. The first-order valence-electron chi connectivity index (χ1n) is 9.47. The second-order valence-corrected chi connectivity index (χ2v) is 8.11. The van der Waals surface area contributed by atoms with Crippen molar-refractivity contribution in [2.75, 3.05) is 11.1 Å². The number of carbonyl (C=O) groups excluding carboxylic acids is 1. The maximum Gasteiger partial charge on any atom is 0.234 e. The van der Waals surface area contributed by atoms with Crippen molar-refractivity contribution >= 4 is 46.0 Å². The number of benzene rings is 3. The van der Waals surface area contributed by atoms with Crippen molar-refractivity contribution in [1.82, 2.24) is 9.55 Å². The molecule has 0 saturated heterocycles. The van der Waals surface area contributed by atoms with Gasteiger partial charge in [-0.05, 0) is 42.3 Å². The van der Waals surface area contributed by atoms with Crippen LogP contribution in [0.5, 0.6) is 0 Å². The SMILES string of the molecule is O=C(CSc1nc2ccccc2n1CCc1ccccc1)Nc1cc(Cl)ccc1F. The maximum atomic E-state index is 13.9. The lowest BCUT2D eigenvalue weighted by atomic mass is 10.1. The van der Waals surface area contributed by atoms with Crippen LogP contribution in [0, 0.1) is 5.82 Å². The minimum absolute atomic E-state index is 0.0747. The number of aryl methyl sites for hydroxylation is 2. The van der Waals surface area contributed by atoms with Crippen LogP contribution in [0.4, 0.5) is 10.1 Å². The predicted molar refractivity (Wildman–Crippen MR) is 121 cm³/mol. The molecule has 0 radical (unpaired) electrons. The molecule has 1 amide bonds. The first-order chi connectivity index (χ1) is 14.6. The Hall–Kier alpha value is -2.83. The zero-order valence-electron chi connectivity index (χ0n) is 16.0. The molecule has 0 atom stereocenters. The molecule has 7 heteroatoms. The highest BCUT2D eigenvalue weighted by atomic mass is 35.5. The summed E-state index contributed by atoms with van der Waals surface area (Å²) in [7, 11) is 0. The summed E-state index contributed by atoms with van der Waals surface area (Å²) >= 11 is 7.22. The Morgan fingerprint density at radius 2 is 1.83 bits per heavy atom. The summed E-state index contributed by atoms with van der Waals surface area (Å²) in [5.74, 6) is -0.726. The number of nitrogens with one attached hydrogen (secondary N) is 1. The molecule has 4 rings (SSSR count). The van der Waals surface area contributed by atoms with Crippen LogP contribution in [0.25, 0.3) is 11.0 Å². The van der Waals surface area contributed by atoms with Crippen LogP contribution in [-0.2, 0) is 17.8 Å². The highest BCUT2D eigenvalue weighted by Crippen LogP contribution is 2.25. The molecule has 4 nitrogen and oxygen atoms in total. The summed E-state index contributed by atoms with van der Waals surface area (Å²) in [6.45, 7) is 0.747. The fourth-order valence-corrected chi connectivity index (χ4v) is 4.19. The largest absolute Gasteiger partial charge is 0.323 e. The molecular weight excluding hydrogens is 421 g/mol. The molecule has 0 saturated carbocycles. The van der Waals surface area contributed by atoms with Gasteiger partial charge in [-0.2, -0.15) is 0 Å². The Bertz CT molecular complexity index is 1180. The number of para-hydroxylation sites is 2. The Morgan fingerprint density at radius 1 is 1.07 bits per heavy atom. The summed E-state index contributed by atoms with van der Waals surface area (Å²) in [6.07, 6.45) is 0.856. The van der Waals surface area contributed by atoms with Gasteiger partial charge in [0.15, 0.2) is 5.16 Å². The molecule has 0 bridgehead atoms. The highest BCUT2D eigenvalue weighted by Gasteiger charge is 2.14. The summed E-state index contributed by atoms with van der Waals surface area (Å²) < 4.78 is 16.0. The van der Waals surface area contributed by atoms with Gasteiger partial charge in [0.1, 0.15) is 5.82 Å².